The molecule has 0 aromatic heterocycles. The minimum Gasteiger partial charge on any atom is -0.443 e. The number of hydrogen-bond donors (Lipinski definition) is 2. The highest BCUT2D eigenvalue weighted by Crippen LogP contribution is 2.22. The highest BCUT2D eigenvalue weighted by molar-refractivity contribution is 6.50. The van der Waals surface area contributed by atoms with Crippen molar-refractivity contribution < 1.29 is 14.3 Å². The number of amidine groups is 2. The number of rotatable bonds is 3. The summed E-state index contributed by atoms with van der Waals surface area (Å²) in [4.78, 5) is 26.1. The fraction of sp³-hybridized carbons (Fsp3) is 0.692. The standard InChI is InChI=1S/C13H22N4O3/c1-6-8(7-2)16-9(14)10(15)17(11(16)18)12(19)20-13(3,4)5/h8,14-15H,6-7H2,1-5H3. The predicted molar refractivity (Wildman–Crippen MR) is 75.1 cm³/mol. The lowest BCUT2D eigenvalue weighted by molar-refractivity contribution is 0.0411. The molecule has 1 rings (SSSR count). The summed E-state index contributed by atoms with van der Waals surface area (Å²) in [6.07, 6.45) is 0.394. The minimum absolute atomic E-state index is 0.192. The second-order valence-corrected chi connectivity index (χ2v) is 5.64. The molecule has 0 saturated carbocycles. The lowest BCUT2D eigenvalue weighted by atomic mass is 10.1. The van der Waals surface area contributed by atoms with Gasteiger partial charge in [-0.25, -0.2) is 9.59 Å². The summed E-state index contributed by atoms with van der Waals surface area (Å²) in [7, 11) is 0. The Morgan fingerprint density at radius 2 is 1.70 bits per heavy atom. The number of ether oxygens (including phenoxy) is 1. The van der Waals surface area contributed by atoms with Crippen molar-refractivity contribution in [3.05, 3.63) is 0 Å². The first-order valence-corrected chi connectivity index (χ1v) is 6.67. The monoisotopic (exact) mass is 282 g/mol. The Bertz CT molecular complexity index is 449. The van der Waals surface area contributed by atoms with Crippen LogP contribution < -0.4 is 0 Å². The maximum absolute atomic E-state index is 12.3. The van der Waals surface area contributed by atoms with Crippen molar-refractivity contribution in [3.8, 4) is 0 Å². The molecule has 1 fully saturated rings. The van der Waals surface area contributed by atoms with Crippen molar-refractivity contribution in [3.63, 3.8) is 0 Å². The molecule has 0 aliphatic carbocycles. The van der Waals surface area contributed by atoms with Crippen LogP contribution in [0.15, 0.2) is 0 Å². The lowest BCUT2D eigenvalue weighted by Crippen LogP contribution is -2.43. The maximum Gasteiger partial charge on any atom is 0.424 e. The first-order chi connectivity index (χ1) is 9.14. The maximum atomic E-state index is 12.3. The predicted octanol–water partition coefficient (Wildman–Crippen LogP) is 2.80. The second-order valence-electron chi connectivity index (χ2n) is 5.64. The molecule has 7 heteroatoms. The molecule has 20 heavy (non-hydrogen) atoms. The normalized spacial score (nSPS) is 16.4. The van der Waals surface area contributed by atoms with Gasteiger partial charge in [-0.2, -0.15) is 4.90 Å². The summed E-state index contributed by atoms with van der Waals surface area (Å²) in [5, 5.41) is 15.7. The fourth-order valence-corrected chi connectivity index (χ4v) is 1.99. The molecule has 0 aromatic carbocycles. The zero-order valence-electron chi connectivity index (χ0n) is 12.6. The molecule has 1 aliphatic rings. The van der Waals surface area contributed by atoms with E-state index in [2.05, 4.69) is 0 Å². The molecule has 112 valence electrons. The van der Waals surface area contributed by atoms with E-state index in [4.69, 9.17) is 15.6 Å². The summed E-state index contributed by atoms with van der Waals surface area (Å²) >= 11 is 0. The average molecular weight is 282 g/mol. The van der Waals surface area contributed by atoms with Gasteiger partial charge in [-0.1, -0.05) is 13.8 Å². The summed E-state index contributed by atoms with van der Waals surface area (Å²) in [5.74, 6) is -0.689. The summed E-state index contributed by atoms with van der Waals surface area (Å²) in [6, 6.07) is -0.870. The topological polar surface area (TPSA) is 97.6 Å². The van der Waals surface area contributed by atoms with Crippen LogP contribution in [0.4, 0.5) is 9.59 Å². The fourth-order valence-electron chi connectivity index (χ4n) is 1.99. The van der Waals surface area contributed by atoms with Crippen LogP contribution in [0.25, 0.3) is 0 Å². The summed E-state index contributed by atoms with van der Waals surface area (Å²) in [5.41, 5.74) is -0.762. The first kappa shape index (κ1) is 16.1. The quantitative estimate of drug-likeness (QED) is 0.832. The number of carbonyl (C=O) groups excluding carboxylic acids is 2. The Balaban J connectivity index is 3.02. The van der Waals surface area contributed by atoms with Crippen molar-refractivity contribution >= 4 is 23.8 Å². The Kier molecular flexibility index (Phi) is 4.52. The molecule has 2 N–H and O–H groups in total. The van der Waals surface area contributed by atoms with Crippen LogP contribution in [0.5, 0.6) is 0 Å². The molecule has 0 atom stereocenters. The summed E-state index contributed by atoms with van der Waals surface area (Å²) in [6.45, 7) is 8.83. The van der Waals surface area contributed by atoms with E-state index in [1.54, 1.807) is 20.8 Å². The molecule has 0 unspecified atom stereocenters. The van der Waals surface area contributed by atoms with E-state index >= 15 is 0 Å². The average Bonchev–Trinajstić information content (AvgIpc) is 2.52. The number of urea groups is 1. The van der Waals surface area contributed by atoms with Gasteiger partial charge in [0.2, 0.25) is 0 Å². The smallest absolute Gasteiger partial charge is 0.424 e. The summed E-state index contributed by atoms with van der Waals surface area (Å²) < 4.78 is 5.11. The Labute approximate surface area is 118 Å². The van der Waals surface area contributed by atoms with Crippen LogP contribution in [-0.2, 0) is 4.74 Å². The number of nitrogens with zero attached hydrogens (tertiary/aromatic N) is 2. The molecule has 0 radical (unpaired) electrons. The van der Waals surface area contributed by atoms with Crippen molar-refractivity contribution in [1.29, 1.82) is 10.8 Å². The molecule has 0 aromatic rings. The van der Waals surface area contributed by atoms with E-state index in [1.807, 2.05) is 13.8 Å². The third-order valence-corrected chi connectivity index (χ3v) is 2.97. The molecule has 0 bridgehead atoms. The largest absolute Gasteiger partial charge is 0.443 e. The van der Waals surface area contributed by atoms with Gasteiger partial charge in [0.05, 0.1) is 0 Å². The third kappa shape index (κ3) is 2.97. The molecular weight excluding hydrogens is 260 g/mol. The molecule has 3 amide bonds. The van der Waals surface area contributed by atoms with Gasteiger partial charge in [-0.3, -0.25) is 15.7 Å². The van der Waals surface area contributed by atoms with Gasteiger partial charge in [0.1, 0.15) is 5.60 Å². The Morgan fingerprint density at radius 3 is 2.10 bits per heavy atom. The van der Waals surface area contributed by atoms with Gasteiger partial charge in [0.15, 0.2) is 11.7 Å². The van der Waals surface area contributed by atoms with E-state index in [0.29, 0.717) is 17.7 Å². The molecule has 1 saturated heterocycles. The van der Waals surface area contributed by atoms with Gasteiger partial charge in [0, 0.05) is 6.04 Å². The van der Waals surface area contributed by atoms with Crippen molar-refractivity contribution in [2.75, 3.05) is 0 Å². The second kappa shape index (κ2) is 5.60. The molecule has 1 heterocycles. The number of nitrogens with one attached hydrogen (secondary N) is 2. The van der Waals surface area contributed by atoms with E-state index < -0.39 is 23.6 Å². The van der Waals surface area contributed by atoms with E-state index in [-0.39, 0.29) is 11.9 Å². The number of amides is 3. The highest BCUT2D eigenvalue weighted by Gasteiger charge is 2.46. The van der Waals surface area contributed by atoms with Gasteiger partial charge in [-0.05, 0) is 33.6 Å². The van der Waals surface area contributed by atoms with Gasteiger partial charge in [0.25, 0.3) is 0 Å². The van der Waals surface area contributed by atoms with E-state index in [1.165, 1.54) is 4.90 Å². The SMILES string of the molecule is CCC(CC)N1C(=N)C(=N)N(C(=O)OC(C)(C)C)C1=O. The van der Waals surface area contributed by atoms with Crippen LogP contribution in [-0.4, -0.2) is 45.2 Å². The zero-order valence-corrected chi connectivity index (χ0v) is 12.6. The van der Waals surface area contributed by atoms with E-state index in [9.17, 15) is 9.59 Å². The number of hydrogen-bond acceptors (Lipinski definition) is 5. The number of imide groups is 1. The van der Waals surface area contributed by atoms with Crippen LogP contribution in [0.2, 0.25) is 0 Å². The van der Waals surface area contributed by atoms with Crippen LogP contribution in [0.1, 0.15) is 47.5 Å². The molecule has 1 aliphatic heterocycles. The van der Waals surface area contributed by atoms with Gasteiger partial charge < -0.3 is 4.74 Å². The first-order valence-electron chi connectivity index (χ1n) is 6.67. The molecule has 7 nitrogen and oxygen atoms in total. The van der Waals surface area contributed by atoms with Gasteiger partial charge in [-0.15, -0.1) is 0 Å². The van der Waals surface area contributed by atoms with Crippen LogP contribution >= 0.6 is 0 Å². The Morgan fingerprint density at radius 1 is 1.20 bits per heavy atom. The van der Waals surface area contributed by atoms with E-state index in [0.717, 1.165) is 0 Å². The lowest BCUT2D eigenvalue weighted by Gasteiger charge is -2.25. The molecule has 0 spiro atoms. The van der Waals surface area contributed by atoms with Crippen molar-refractivity contribution in [2.24, 2.45) is 0 Å². The molecular formula is C13H22N4O3. The third-order valence-electron chi connectivity index (χ3n) is 2.97. The highest BCUT2D eigenvalue weighted by atomic mass is 16.6. The minimum atomic E-state index is -0.911. The van der Waals surface area contributed by atoms with Crippen LogP contribution in [0.3, 0.4) is 0 Å². The zero-order chi connectivity index (χ0) is 15.7. The number of carbonyl (C=O) groups is 2. The Hall–Kier alpha value is -1.92. The van der Waals surface area contributed by atoms with Crippen LogP contribution in [0, 0.1) is 10.8 Å². The van der Waals surface area contributed by atoms with Gasteiger partial charge >= 0.3 is 12.1 Å². The van der Waals surface area contributed by atoms with Crippen molar-refractivity contribution in [1.82, 2.24) is 9.80 Å². The van der Waals surface area contributed by atoms with Crippen molar-refractivity contribution in [2.45, 2.75) is 59.1 Å².